The van der Waals surface area contributed by atoms with Gasteiger partial charge in [0.2, 0.25) is 0 Å². The van der Waals surface area contributed by atoms with Gasteiger partial charge in [0.05, 0.1) is 16.0 Å². The highest BCUT2D eigenvalue weighted by molar-refractivity contribution is 9.11. The lowest BCUT2D eigenvalue weighted by molar-refractivity contribution is 0.0692. The van der Waals surface area contributed by atoms with Gasteiger partial charge in [-0.25, -0.2) is 9.59 Å². The van der Waals surface area contributed by atoms with E-state index in [-0.39, 0.29) is 11.4 Å². The molecule has 0 bridgehead atoms. The van der Waals surface area contributed by atoms with Gasteiger partial charge >= 0.3 is 12.0 Å². The second kappa shape index (κ2) is 6.10. The maximum absolute atomic E-state index is 11.7. The van der Waals surface area contributed by atoms with Crippen LogP contribution >= 0.6 is 27.3 Å². The lowest BCUT2D eigenvalue weighted by Gasteiger charge is -2.05. The molecule has 20 heavy (non-hydrogen) atoms. The Morgan fingerprint density at radius 2 is 2.20 bits per heavy atom. The van der Waals surface area contributed by atoms with Gasteiger partial charge in [0, 0.05) is 10.6 Å². The third kappa shape index (κ3) is 3.61. The number of rotatable bonds is 4. The van der Waals surface area contributed by atoms with Crippen LogP contribution in [0, 0.1) is 6.92 Å². The largest absolute Gasteiger partial charge is 0.477 e. The molecule has 106 valence electrons. The number of halogens is 1. The smallest absolute Gasteiger partial charge is 0.354 e. The van der Waals surface area contributed by atoms with Crippen LogP contribution in [0.2, 0.25) is 0 Å². The Hall–Kier alpha value is -1.80. The number of urea groups is 1. The van der Waals surface area contributed by atoms with E-state index in [4.69, 9.17) is 5.11 Å². The maximum atomic E-state index is 11.7. The molecule has 0 aromatic carbocycles. The molecule has 2 amide bonds. The summed E-state index contributed by atoms with van der Waals surface area (Å²) in [4.78, 5) is 26.4. The number of aromatic amines is 1. The van der Waals surface area contributed by atoms with Crippen LogP contribution in [0.5, 0.6) is 0 Å². The SMILES string of the molecule is Cc1cc(NC(=O)NCc2ccc(Br)s2)c(C(=O)O)[nH]1. The summed E-state index contributed by atoms with van der Waals surface area (Å²) in [5.74, 6) is -1.12. The van der Waals surface area contributed by atoms with Gasteiger partial charge < -0.3 is 20.7 Å². The highest BCUT2D eigenvalue weighted by Crippen LogP contribution is 2.22. The van der Waals surface area contributed by atoms with Gasteiger partial charge in [0.1, 0.15) is 5.69 Å². The molecular formula is C12H12BrN3O3S. The van der Waals surface area contributed by atoms with Crippen LogP contribution < -0.4 is 10.6 Å². The van der Waals surface area contributed by atoms with Crippen molar-refractivity contribution in [2.45, 2.75) is 13.5 Å². The Labute approximate surface area is 127 Å². The number of carboxylic acid groups (broad SMARTS) is 1. The van der Waals surface area contributed by atoms with Crippen molar-refractivity contribution < 1.29 is 14.7 Å². The zero-order valence-corrected chi connectivity index (χ0v) is 12.9. The molecule has 6 nitrogen and oxygen atoms in total. The van der Waals surface area contributed by atoms with Crippen LogP contribution in [-0.2, 0) is 6.54 Å². The van der Waals surface area contributed by atoms with Gasteiger partial charge in [0.15, 0.2) is 0 Å². The van der Waals surface area contributed by atoms with Crippen LogP contribution in [0.3, 0.4) is 0 Å². The minimum Gasteiger partial charge on any atom is -0.477 e. The molecule has 2 rings (SSSR count). The first-order valence-corrected chi connectivity index (χ1v) is 7.28. The van der Waals surface area contributed by atoms with E-state index in [1.54, 1.807) is 13.0 Å². The zero-order chi connectivity index (χ0) is 14.7. The molecule has 0 aliphatic rings. The topological polar surface area (TPSA) is 94.2 Å². The molecule has 0 fully saturated rings. The van der Waals surface area contributed by atoms with Gasteiger partial charge in [0.25, 0.3) is 0 Å². The summed E-state index contributed by atoms with van der Waals surface area (Å²) in [5, 5.41) is 14.2. The number of H-pyrrole nitrogens is 1. The first-order chi connectivity index (χ1) is 9.45. The molecule has 2 aromatic rings. The van der Waals surface area contributed by atoms with Crippen molar-refractivity contribution >= 4 is 45.0 Å². The zero-order valence-electron chi connectivity index (χ0n) is 10.5. The highest BCUT2D eigenvalue weighted by Gasteiger charge is 2.15. The molecule has 0 aliphatic carbocycles. The summed E-state index contributed by atoms with van der Waals surface area (Å²) >= 11 is 4.86. The quantitative estimate of drug-likeness (QED) is 0.676. The molecule has 0 radical (unpaired) electrons. The molecule has 0 atom stereocenters. The van der Waals surface area contributed by atoms with Gasteiger partial charge in [-0.2, -0.15) is 0 Å². The summed E-state index contributed by atoms with van der Waals surface area (Å²) in [7, 11) is 0. The van der Waals surface area contributed by atoms with Crippen LogP contribution in [-0.4, -0.2) is 22.1 Å². The van der Waals surface area contributed by atoms with Gasteiger partial charge in [-0.15, -0.1) is 11.3 Å². The van der Waals surface area contributed by atoms with Crippen molar-refractivity contribution in [3.05, 3.63) is 38.3 Å². The van der Waals surface area contributed by atoms with Crippen molar-refractivity contribution in [3.63, 3.8) is 0 Å². The van der Waals surface area contributed by atoms with Crippen molar-refractivity contribution in [3.8, 4) is 0 Å². The second-order valence-electron chi connectivity index (χ2n) is 4.06. The molecular weight excluding hydrogens is 346 g/mol. The van der Waals surface area contributed by atoms with E-state index in [1.165, 1.54) is 11.3 Å². The van der Waals surface area contributed by atoms with Crippen molar-refractivity contribution in [2.75, 3.05) is 5.32 Å². The third-order valence-corrected chi connectivity index (χ3v) is 4.09. The van der Waals surface area contributed by atoms with E-state index in [2.05, 4.69) is 31.5 Å². The fourth-order valence-corrected chi connectivity index (χ4v) is 3.06. The summed E-state index contributed by atoms with van der Waals surface area (Å²) in [6.07, 6.45) is 0. The van der Waals surface area contributed by atoms with E-state index < -0.39 is 12.0 Å². The fraction of sp³-hybridized carbons (Fsp3) is 0.167. The van der Waals surface area contributed by atoms with E-state index >= 15 is 0 Å². The Morgan fingerprint density at radius 1 is 1.45 bits per heavy atom. The first-order valence-electron chi connectivity index (χ1n) is 5.67. The van der Waals surface area contributed by atoms with E-state index in [0.29, 0.717) is 12.2 Å². The number of carboxylic acids is 1. The van der Waals surface area contributed by atoms with Crippen molar-refractivity contribution in [1.82, 2.24) is 10.3 Å². The summed E-state index contributed by atoms with van der Waals surface area (Å²) < 4.78 is 0.990. The summed E-state index contributed by atoms with van der Waals surface area (Å²) in [6, 6.07) is 4.93. The number of aryl methyl sites for hydroxylation is 1. The molecule has 0 spiro atoms. The van der Waals surface area contributed by atoms with E-state index in [1.807, 2.05) is 12.1 Å². The highest BCUT2D eigenvalue weighted by atomic mass is 79.9. The minimum atomic E-state index is -1.12. The molecule has 2 aromatic heterocycles. The van der Waals surface area contributed by atoms with Crippen LogP contribution in [0.4, 0.5) is 10.5 Å². The van der Waals surface area contributed by atoms with E-state index in [9.17, 15) is 9.59 Å². The molecule has 0 aliphatic heterocycles. The number of aromatic nitrogens is 1. The lowest BCUT2D eigenvalue weighted by Crippen LogP contribution is -2.28. The monoisotopic (exact) mass is 357 g/mol. The van der Waals surface area contributed by atoms with Crippen LogP contribution in [0.15, 0.2) is 22.0 Å². The van der Waals surface area contributed by atoms with Crippen LogP contribution in [0.1, 0.15) is 21.1 Å². The number of hydrogen-bond donors (Lipinski definition) is 4. The fourth-order valence-electron chi connectivity index (χ4n) is 1.64. The lowest BCUT2D eigenvalue weighted by atomic mass is 10.3. The number of carbonyl (C=O) groups is 2. The Kier molecular flexibility index (Phi) is 4.46. The number of amides is 2. The maximum Gasteiger partial charge on any atom is 0.354 e. The Bertz CT molecular complexity index is 650. The number of anilines is 1. The summed E-state index contributed by atoms with van der Waals surface area (Å²) in [5.41, 5.74) is 0.885. The molecule has 0 unspecified atom stereocenters. The van der Waals surface area contributed by atoms with Gasteiger partial charge in [-0.05, 0) is 41.1 Å². The van der Waals surface area contributed by atoms with Crippen molar-refractivity contribution in [2.24, 2.45) is 0 Å². The van der Waals surface area contributed by atoms with Gasteiger partial charge in [-0.1, -0.05) is 0 Å². The average Bonchev–Trinajstić information content (AvgIpc) is 2.93. The minimum absolute atomic E-state index is 0.0310. The summed E-state index contributed by atoms with van der Waals surface area (Å²) in [6.45, 7) is 2.10. The number of carbonyl (C=O) groups excluding carboxylic acids is 1. The van der Waals surface area contributed by atoms with Crippen LogP contribution in [0.25, 0.3) is 0 Å². The molecule has 8 heteroatoms. The van der Waals surface area contributed by atoms with Crippen molar-refractivity contribution in [1.29, 1.82) is 0 Å². The first kappa shape index (κ1) is 14.6. The average molecular weight is 358 g/mol. The molecule has 2 heterocycles. The van der Waals surface area contributed by atoms with Gasteiger partial charge in [-0.3, -0.25) is 0 Å². The number of thiophene rings is 1. The number of aromatic carboxylic acids is 1. The number of nitrogens with one attached hydrogen (secondary N) is 3. The standard InChI is InChI=1S/C12H12BrN3O3S/c1-6-4-8(10(15-6)11(17)18)16-12(19)14-5-7-2-3-9(13)20-7/h2-4,15H,5H2,1H3,(H,17,18)(H2,14,16,19). The third-order valence-electron chi connectivity index (χ3n) is 2.47. The second-order valence-corrected chi connectivity index (χ2v) is 6.61. The molecule has 0 saturated heterocycles. The Balaban J connectivity index is 1.96. The molecule has 0 saturated carbocycles. The number of hydrogen-bond acceptors (Lipinski definition) is 3. The normalized spacial score (nSPS) is 10.3. The molecule has 4 N–H and O–H groups in total. The van der Waals surface area contributed by atoms with E-state index in [0.717, 1.165) is 8.66 Å². The predicted octanol–water partition coefficient (Wildman–Crippen LogP) is 3.17. The predicted molar refractivity (Wildman–Crippen MR) is 80.4 cm³/mol. The Morgan fingerprint density at radius 3 is 2.80 bits per heavy atom.